The SMILES string of the molecule is COCC1(C(=O)O)CCN(C(=O)C2(c3cccc(F)c3)CCOCC2)C1. The van der Waals surface area contributed by atoms with Crippen LogP contribution in [0.3, 0.4) is 0 Å². The molecule has 1 aromatic rings. The average Bonchev–Trinajstić information content (AvgIpc) is 3.07. The van der Waals surface area contributed by atoms with Gasteiger partial charge in [0.15, 0.2) is 0 Å². The van der Waals surface area contributed by atoms with Gasteiger partial charge < -0.3 is 19.5 Å². The van der Waals surface area contributed by atoms with Crippen molar-refractivity contribution < 1.29 is 28.6 Å². The van der Waals surface area contributed by atoms with Crippen LogP contribution in [0.4, 0.5) is 4.39 Å². The summed E-state index contributed by atoms with van der Waals surface area (Å²) in [6.45, 7) is 1.35. The highest BCUT2D eigenvalue weighted by molar-refractivity contribution is 5.90. The minimum atomic E-state index is -1.08. The lowest BCUT2D eigenvalue weighted by Gasteiger charge is -2.39. The molecule has 2 aliphatic heterocycles. The molecule has 2 fully saturated rings. The molecule has 2 heterocycles. The third-order valence-corrected chi connectivity index (χ3v) is 5.65. The van der Waals surface area contributed by atoms with E-state index in [1.807, 2.05) is 0 Å². The van der Waals surface area contributed by atoms with Crippen LogP contribution in [-0.4, -0.2) is 61.9 Å². The summed E-state index contributed by atoms with van der Waals surface area (Å²) in [5, 5.41) is 9.63. The number of carboxylic acids is 1. The van der Waals surface area contributed by atoms with Gasteiger partial charge in [0.1, 0.15) is 11.2 Å². The molecule has 6 nitrogen and oxygen atoms in total. The highest BCUT2D eigenvalue weighted by Gasteiger charge is 2.51. The molecule has 0 aromatic heterocycles. The van der Waals surface area contributed by atoms with Gasteiger partial charge in [0, 0.05) is 33.4 Å². The monoisotopic (exact) mass is 365 g/mol. The second-order valence-electron chi connectivity index (χ2n) is 7.20. The van der Waals surface area contributed by atoms with Crippen LogP contribution < -0.4 is 0 Å². The Bertz CT molecular complexity index is 688. The lowest BCUT2D eigenvalue weighted by molar-refractivity contribution is -0.152. The van der Waals surface area contributed by atoms with Gasteiger partial charge in [0.05, 0.1) is 12.0 Å². The zero-order chi connectivity index (χ0) is 18.8. The van der Waals surface area contributed by atoms with E-state index in [1.165, 1.54) is 19.2 Å². The molecule has 3 rings (SSSR count). The number of carbonyl (C=O) groups is 2. The fourth-order valence-electron chi connectivity index (χ4n) is 4.11. The van der Waals surface area contributed by atoms with E-state index >= 15 is 0 Å². The first kappa shape index (κ1) is 18.8. The van der Waals surface area contributed by atoms with Gasteiger partial charge in [-0.15, -0.1) is 0 Å². The van der Waals surface area contributed by atoms with Gasteiger partial charge in [-0.3, -0.25) is 9.59 Å². The Hall–Kier alpha value is -1.99. The number of carbonyl (C=O) groups excluding carboxylic acids is 1. The van der Waals surface area contributed by atoms with Crippen molar-refractivity contribution in [1.82, 2.24) is 4.90 Å². The summed E-state index contributed by atoms with van der Waals surface area (Å²) in [7, 11) is 1.46. The summed E-state index contributed by atoms with van der Waals surface area (Å²) in [4.78, 5) is 26.8. The minimum absolute atomic E-state index is 0.0577. The standard InChI is InChI=1S/C19H24FNO5/c1-25-13-18(17(23)24)5-8-21(12-18)16(22)19(6-9-26-10-7-19)14-3-2-4-15(20)11-14/h2-4,11H,5-10,12-13H2,1H3,(H,23,24). The van der Waals surface area contributed by atoms with Gasteiger partial charge in [-0.25, -0.2) is 4.39 Å². The van der Waals surface area contributed by atoms with E-state index in [0.717, 1.165) is 0 Å². The first-order chi connectivity index (χ1) is 12.4. The number of hydrogen-bond acceptors (Lipinski definition) is 4. The van der Waals surface area contributed by atoms with Crippen LogP contribution in [0.15, 0.2) is 24.3 Å². The molecule has 0 radical (unpaired) electrons. The largest absolute Gasteiger partial charge is 0.481 e. The highest BCUT2D eigenvalue weighted by atomic mass is 19.1. The van der Waals surface area contributed by atoms with Crippen molar-refractivity contribution in [1.29, 1.82) is 0 Å². The molecule has 142 valence electrons. The zero-order valence-electron chi connectivity index (χ0n) is 14.9. The van der Waals surface area contributed by atoms with E-state index in [0.29, 0.717) is 44.6 Å². The normalized spacial score (nSPS) is 25.2. The van der Waals surface area contributed by atoms with E-state index in [9.17, 15) is 19.1 Å². The molecule has 2 aliphatic rings. The summed E-state index contributed by atoms with van der Waals surface area (Å²) in [5.41, 5.74) is -1.33. The number of methoxy groups -OCH3 is 1. The third kappa shape index (κ3) is 3.21. The van der Waals surface area contributed by atoms with E-state index in [-0.39, 0.29) is 24.9 Å². The summed E-state index contributed by atoms with van der Waals surface area (Å²) >= 11 is 0. The number of aliphatic carboxylic acids is 1. The quantitative estimate of drug-likeness (QED) is 0.861. The summed E-state index contributed by atoms with van der Waals surface area (Å²) in [6.07, 6.45) is 1.25. The van der Waals surface area contributed by atoms with Gasteiger partial charge >= 0.3 is 5.97 Å². The highest BCUT2D eigenvalue weighted by Crippen LogP contribution is 2.40. The topological polar surface area (TPSA) is 76.1 Å². The van der Waals surface area contributed by atoms with E-state index in [2.05, 4.69) is 0 Å². The second kappa shape index (κ2) is 7.32. The Morgan fingerprint density at radius 3 is 2.65 bits per heavy atom. The molecule has 0 saturated carbocycles. The molecule has 0 spiro atoms. The molecule has 1 aromatic carbocycles. The third-order valence-electron chi connectivity index (χ3n) is 5.65. The Kier molecular flexibility index (Phi) is 5.29. The Morgan fingerprint density at radius 1 is 1.31 bits per heavy atom. The van der Waals surface area contributed by atoms with E-state index < -0.39 is 16.8 Å². The van der Waals surface area contributed by atoms with Crippen molar-refractivity contribution in [3.05, 3.63) is 35.6 Å². The number of nitrogens with zero attached hydrogens (tertiary/aromatic N) is 1. The minimum Gasteiger partial charge on any atom is -0.481 e. The first-order valence-corrected chi connectivity index (χ1v) is 8.79. The number of halogens is 1. The predicted molar refractivity (Wildman–Crippen MR) is 91.3 cm³/mol. The van der Waals surface area contributed by atoms with Gasteiger partial charge in [-0.1, -0.05) is 12.1 Å². The second-order valence-corrected chi connectivity index (χ2v) is 7.20. The number of hydrogen-bond donors (Lipinski definition) is 1. The molecule has 1 N–H and O–H groups in total. The predicted octanol–water partition coefficient (Wildman–Crippen LogP) is 1.82. The van der Waals surface area contributed by atoms with Crippen LogP contribution in [0.25, 0.3) is 0 Å². The summed E-state index contributed by atoms with van der Waals surface area (Å²) in [6, 6.07) is 6.12. The molecule has 26 heavy (non-hydrogen) atoms. The number of ether oxygens (including phenoxy) is 2. The Balaban J connectivity index is 1.91. The molecule has 1 amide bonds. The van der Waals surface area contributed by atoms with Crippen molar-refractivity contribution in [3.8, 4) is 0 Å². The van der Waals surface area contributed by atoms with E-state index in [4.69, 9.17) is 9.47 Å². The fourth-order valence-corrected chi connectivity index (χ4v) is 4.11. The van der Waals surface area contributed by atoms with E-state index in [1.54, 1.807) is 17.0 Å². The lowest BCUT2D eigenvalue weighted by Crippen LogP contribution is -2.50. The zero-order valence-corrected chi connectivity index (χ0v) is 14.9. The summed E-state index contributed by atoms with van der Waals surface area (Å²) in [5.74, 6) is -1.49. The molecular formula is C19H24FNO5. The van der Waals surface area contributed by atoms with Crippen molar-refractivity contribution in [2.45, 2.75) is 24.7 Å². The van der Waals surface area contributed by atoms with Gasteiger partial charge in [-0.2, -0.15) is 0 Å². The maximum absolute atomic E-state index is 13.8. The average molecular weight is 365 g/mol. The van der Waals surface area contributed by atoms with Gasteiger partial charge in [0.2, 0.25) is 5.91 Å². The van der Waals surface area contributed by atoms with Crippen LogP contribution in [0.5, 0.6) is 0 Å². The smallest absolute Gasteiger partial charge is 0.313 e. The fraction of sp³-hybridized carbons (Fsp3) is 0.579. The van der Waals surface area contributed by atoms with Crippen LogP contribution >= 0.6 is 0 Å². The number of carboxylic acid groups (broad SMARTS) is 1. The lowest BCUT2D eigenvalue weighted by atomic mass is 9.73. The molecule has 0 aliphatic carbocycles. The van der Waals surface area contributed by atoms with Crippen LogP contribution in [0.2, 0.25) is 0 Å². The molecule has 2 saturated heterocycles. The van der Waals surface area contributed by atoms with Crippen molar-refractivity contribution in [3.63, 3.8) is 0 Å². The molecule has 0 bridgehead atoms. The molecule has 7 heteroatoms. The van der Waals surface area contributed by atoms with Crippen molar-refractivity contribution in [2.75, 3.05) is 40.0 Å². The molecule has 1 atom stereocenters. The Labute approximate surface area is 151 Å². The van der Waals surface area contributed by atoms with Gasteiger partial charge in [-0.05, 0) is 37.0 Å². The van der Waals surface area contributed by atoms with Gasteiger partial charge in [0.25, 0.3) is 0 Å². The van der Waals surface area contributed by atoms with Crippen LogP contribution in [-0.2, 0) is 24.5 Å². The van der Waals surface area contributed by atoms with Crippen LogP contribution in [0, 0.1) is 11.2 Å². The number of rotatable bonds is 5. The first-order valence-electron chi connectivity index (χ1n) is 8.79. The Morgan fingerprint density at radius 2 is 2.04 bits per heavy atom. The number of likely N-dealkylation sites (tertiary alicyclic amines) is 1. The number of amides is 1. The van der Waals surface area contributed by atoms with Crippen LogP contribution in [0.1, 0.15) is 24.8 Å². The summed E-state index contributed by atoms with van der Waals surface area (Å²) < 4.78 is 24.3. The number of benzene rings is 1. The van der Waals surface area contributed by atoms with Crippen molar-refractivity contribution in [2.24, 2.45) is 5.41 Å². The molecule has 1 unspecified atom stereocenters. The maximum Gasteiger partial charge on any atom is 0.313 e. The van der Waals surface area contributed by atoms with Crippen molar-refractivity contribution >= 4 is 11.9 Å². The maximum atomic E-state index is 13.8. The molecular weight excluding hydrogens is 341 g/mol.